The van der Waals surface area contributed by atoms with Crippen LogP contribution < -0.4 is 5.73 Å². The fourth-order valence-electron chi connectivity index (χ4n) is 2.13. The van der Waals surface area contributed by atoms with Gasteiger partial charge in [0.05, 0.1) is 0 Å². The molecule has 11 heavy (non-hydrogen) atoms. The van der Waals surface area contributed by atoms with E-state index in [0.717, 1.165) is 12.8 Å². The minimum Gasteiger partial charge on any atom is -0.396 e. The van der Waals surface area contributed by atoms with E-state index in [-0.39, 0.29) is 0 Å². The van der Waals surface area contributed by atoms with Crippen LogP contribution in [0, 0.1) is 17.8 Å². The van der Waals surface area contributed by atoms with E-state index < -0.39 is 0 Å². The van der Waals surface area contributed by atoms with Gasteiger partial charge in [0.2, 0.25) is 0 Å². The maximum absolute atomic E-state index is 8.93. The topological polar surface area (TPSA) is 46.2 Å². The van der Waals surface area contributed by atoms with E-state index in [4.69, 9.17) is 10.8 Å². The molecule has 0 saturated heterocycles. The third-order valence-corrected chi connectivity index (χ3v) is 2.88. The molecule has 2 heteroatoms. The highest BCUT2D eigenvalue weighted by molar-refractivity contribution is 4.87. The summed E-state index contributed by atoms with van der Waals surface area (Å²) >= 11 is 0. The van der Waals surface area contributed by atoms with E-state index >= 15 is 0 Å². The van der Waals surface area contributed by atoms with Crippen molar-refractivity contribution in [2.24, 2.45) is 23.5 Å². The Morgan fingerprint density at radius 1 is 1.45 bits per heavy atom. The van der Waals surface area contributed by atoms with Crippen LogP contribution in [0.2, 0.25) is 0 Å². The summed E-state index contributed by atoms with van der Waals surface area (Å²) in [5.74, 6) is 1.77. The Bertz CT molecular complexity index is 125. The van der Waals surface area contributed by atoms with Crippen LogP contribution in [-0.2, 0) is 0 Å². The largest absolute Gasteiger partial charge is 0.396 e. The van der Waals surface area contributed by atoms with Gasteiger partial charge in [0.25, 0.3) is 0 Å². The standard InChI is InChI=1S/C9H19NO/c1-6(2)8-3-7(5-11)4-9(8)10/h6-9,11H,3-5,10H2,1-2H3/t7-,8+,9-/m0/s1. The average Bonchev–Trinajstić information content (AvgIpc) is 2.30. The Morgan fingerprint density at radius 3 is 2.36 bits per heavy atom. The predicted molar refractivity (Wildman–Crippen MR) is 46.1 cm³/mol. The van der Waals surface area contributed by atoms with Crippen LogP contribution in [0.5, 0.6) is 0 Å². The van der Waals surface area contributed by atoms with Gasteiger partial charge in [0, 0.05) is 12.6 Å². The molecule has 0 aromatic rings. The predicted octanol–water partition coefficient (Wildman–Crippen LogP) is 0.988. The molecule has 0 radical (unpaired) electrons. The summed E-state index contributed by atoms with van der Waals surface area (Å²) in [5.41, 5.74) is 5.93. The second-order valence-electron chi connectivity index (χ2n) is 4.09. The van der Waals surface area contributed by atoms with Crippen LogP contribution in [0.1, 0.15) is 26.7 Å². The first kappa shape index (κ1) is 9.01. The first-order valence-corrected chi connectivity index (χ1v) is 4.51. The van der Waals surface area contributed by atoms with Crippen LogP contribution in [0.15, 0.2) is 0 Å². The number of rotatable bonds is 2. The molecule has 1 saturated carbocycles. The smallest absolute Gasteiger partial charge is 0.0459 e. The number of hydrogen-bond acceptors (Lipinski definition) is 2. The van der Waals surface area contributed by atoms with Crippen LogP contribution >= 0.6 is 0 Å². The number of nitrogens with two attached hydrogens (primary N) is 1. The summed E-state index contributed by atoms with van der Waals surface area (Å²) in [6.07, 6.45) is 2.13. The van der Waals surface area contributed by atoms with Crippen molar-refractivity contribution in [2.45, 2.75) is 32.7 Å². The van der Waals surface area contributed by atoms with Crippen LogP contribution in [0.25, 0.3) is 0 Å². The fraction of sp³-hybridized carbons (Fsp3) is 1.00. The van der Waals surface area contributed by atoms with Crippen LogP contribution in [0.3, 0.4) is 0 Å². The third kappa shape index (κ3) is 1.94. The zero-order valence-electron chi connectivity index (χ0n) is 7.46. The Balaban J connectivity index is 2.45. The molecule has 1 rings (SSSR count). The van der Waals surface area contributed by atoms with Gasteiger partial charge >= 0.3 is 0 Å². The van der Waals surface area contributed by atoms with E-state index in [1.807, 2.05) is 0 Å². The summed E-state index contributed by atoms with van der Waals surface area (Å²) in [7, 11) is 0. The van der Waals surface area contributed by atoms with Crippen molar-refractivity contribution in [1.29, 1.82) is 0 Å². The molecule has 0 aromatic heterocycles. The van der Waals surface area contributed by atoms with Gasteiger partial charge in [-0.15, -0.1) is 0 Å². The third-order valence-electron chi connectivity index (χ3n) is 2.88. The summed E-state index contributed by atoms with van der Waals surface area (Å²) in [5, 5.41) is 8.93. The van der Waals surface area contributed by atoms with Gasteiger partial charge in [-0.25, -0.2) is 0 Å². The zero-order chi connectivity index (χ0) is 8.43. The Morgan fingerprint density at radius 2 is 2.09 bits per heavy atom. The molecule has 0 spiro atoms. The first-order valence-electron chi connectivity index (χ1n) is 4.51. The van der Waals surface area contributed by atoms with Crippen molar-refractivity contribution in [1.82, 2.24) is 0 Å². The molecule has 3 atom stereocenters. The molecular weight excluding hydrogens is 138 g/mol. The van der Waals surface area contributed by atoms with E-state index in [9.17, 15) is 0 Å². The van der Waals surface area contributed by atoms with Crippen molar-refractivity contribution in [2.75, 3.05) is 6.61 Å². The molecule has 0 aliphatic heterocycles. The first-order chi connectivity index (χ1) is 5.15. The molecular formula is C9H19NO. The van der Waals surface area contributed by atoms with Crippen molar-refractivity contribution in [3.05, 3.63) is 0 Å². The van der Waals surface area contributed by atoms with Gasteiger partial charge in [-0.3, -0.25) is 0 Å². The van der Waals surface area contributed by atoms with E-state index in [2.05, 4.69) is 13.8 Å². The fourth-order valence-corrected chi connectivity index (χ4v) is 2.13. The second kappa shape index (κ2) is 3.55. The highest BCUT2D eigenvalue weighted by atomic mass is 16.3. The lowest BCUT2D eigenvalue weighted by molar-refractivity contribution is 0.222. The van der Waals surface area contributed by atoms with Gasteiger partial charge in [-0.1, -0.05) is 13.8 Å². The van der Waals surface area contributed by atoms with Gasteiger partial charge in [-0.2, -0.15) is 0 Å². The molecule has 0 bridgehead atoms. The lowest BCUT2D eigenvalue weighted by Crippen LogP contribution is -2.27. The van der Waals surface area contributed by atoms with Gasteiger partial charge < -0.3 is 10.8 Å². The normalized spacial score (nSPS) is 38.5. The lowest BCUT2D eigenvalue weighted by Gasteiger charge is -2.18. The number of aliphatic hydroxyl groups excluding tert-OH is 1. The summed E-state index contributed by atoms with van der Waals surface area (Å²) in [6, 6.07) is 0.326. The van der Waals surface area contributed by atoms with E-state index in [1.165, 1.54) is 0 Å². The highest BCUT2D eigenvalue weighted by Gasteiger charge is 2.32. The van der Waals surface area contributed by atoms with Gasteiger partial charge in [0.15, 0.2) is 0 Å². The van der Waals surface area contributed by atoms with Gasteiger partial charge in [-0.05, 0) is 30.6 Å². The van der Waals surface area contributed by atoms with Gasteiger partial charge in [0.1, 0.15) is 0 Å². The average molecular weight is 157 g/mol. The molecule has 1 aliphatic rings. The molecule has 0 aromatic carbocycles. The molecule has 66 valence electrons. The van der Waals surface area contributed by atoms with Crippen molar-refractivity contribution >= 4 is 0 Å². The monoisotopic (exact) mass is 157 g/mol. The molecule has 0 unspecified atom stereocenters. The maximum atomic E-state index is 8.93. The summed E-state index contributed by atoms with van der Waals surface area (Å²) in [6.45, 7) is 4.74. The Kier molecular flexibility index (Phi) is 2.90. The molecule has 0 heterocycles. The van der Waals surface area contributed by atoms with Crippen LogP contribution in [-0.4, -0.2) is 17.8 Å². The second-order valence-corrected chi connectivity index (χ2v) is 4.09. The van der Waals surface area contributed by atoms with Crippen molar-refractivity contribution in [3.63, 3.8) is 0 Å². The molecule has 0 amide bonds. The minimum absolute atomic E-state index is 0.316. The molecule has 1 fully saturated rings. The quantitative estimate of drug-likeness (QED) is 0.628. The molecule has 3 N–H and O–H groups in total. The van der Waals surface area contributed by atoms with Crippen molar-refractivity contribution < 1.29 is 5.11 Å². The van der Waals surface area contributed by atoms with Crippen molar-refractivity contribution in [3.8, 4) is 0 Å². The minimum atomic E-state index is 0.316. The summed E-state index contributed by atoms with van der Waals surface area (Å²) < 4.78 is 0. The van der Waals surface area contributed by atoms with E-state index in [1.54, 1.807) is 0 Å². The SMILES string of the molecule is CC(C)[C@H]1C[C@H](CO)C[C@@H]1N. The zero-order valence-corrected chi connectivity index (χ0v) is 7.46. The summed E-state index contributed by atoms with van der Waals surface area (Å²) in [4.78, 5) is 0. The number of hydrogen-bond donors (Lipinski definition) is 2. The molecule has 1 aliphatic carbocycles. The maximum Gasteiger partial charge on any atom is 0.0459 e. The molecule has 2 nitrogen and oxygen atoms in total. The lowest BCUT2D eigenvalue weighted by atomic mass is 9.91. The highest BCUT2D eigenvalue weighted by Crippen LogP contribution is 2.34. The Labute approximate surface area is 68.8 Å². The Hall–Kier alpha value is -0.0800. The van der Waals surface area contributed by atoms with Crippen LogP contribution in [0.4, 0.5) is 0 Å². The number of aliphatic hydroxyl groups is 1. The van der Waals surface area contributed by atoms with E-state index in [0.29, 0.717) is 30.4 Å².